The largest absolute Gasteiger partial charge is 0.768 e. The van der Waals surface area contributed by atoms with Gasteiger partial charge in [-0.2, -0.15) is 8.78 Å². The first-order chi connectivity index (χ1) is 13.2. The summed E-state index contributed by atoms with van der Waals surface area (Å²) in [5.74, 6) is -4.29. The predicted molar refractivity (Wildman–Crippen MR) is 91.2 cm³/mol. The summed E-state index contributed by atoms with van der Waals surface area (Å²) in [6.07, 6.45) is 0.263. The van der Waals surface area contributed by atoms with Crippen LogP contribution in [0.3, 0.4) is 0 Å². The summed E-state index contributed by atoms with van der Waals surface area (Å²) in [7, 11) is 0. The maximum atomic E-state index is 12.9. The van der Waals surface area contributed by atoms with E-state index in [9.17, 15) is 26.3 Å². The minimum absolute atomic E-state index is 0.102. The molecule has 1 aromatic rings. The molecule has 0 spiro atoms. The average molecular weight is 424 g/mol. The molecule has 2 rings (SSSR count). The number of allylic oxidation sites excluding steroid dienone is 1. The number of aromatic nitrogens is 2. The number of dihydropyridines is 1. The van der Waals surface area contributed by atoms with Gasteiger partial charge in [-0.1, -0.05) is 6.92 Å². The van der Waals surface area contributed by atoms with Gasteiger partial charge in [0.05, 0.1) is 35.6 Å². The maximum Gasteiger partial charge on any atom is 0.340 e. The lowest BCUT2D eigenvalue weighted by atomic mass is 10.1. The van der Waals surface area contributed by atoms with Gasteiger partial charge in [0.15, 0.2) is 6.61 Å². The van der Waals surface area contributed by atoms with Crippen LogP contribution in [0.4, 0.5) is 17.6 Å². The fourth-order valence-electron chi connectivity index (χ4n) is 2.16. The highest BCUT2D eigenvalue weighted by atomic mass is 32.2. The lowest BCUT2D eigenvalue weighted by molar-refractivity contribution is -0.148. The molecular weight excluding hydrogens is 406 g/mol. The van der Waals surface area contributed by atoms with E-state index < -0.39 is 35.9 Å². The molecule has 156 valence electrons. The van der Waals surface area contributed by atoms with Gasteiger partial charge in [-0.25, -0.2) is 18.7 Å². The molecule has 1 aliphatic rings. The van der Waals surface area contributed by atoms with E-state index in [0.29, 0.717) is 12.4 Å². The van der Waals surface area contributed by atoms with Crippen LogP contribution in [0.5, 0.6) is 5.88 Å². The summed E-state index contributed by atoms with van der Waals surface area (Å²) in [5.41, 5.74) is 0.242. The Morgan fingerprint density at radius 2 is 2.04 bits per heavy atom. The number of hydrogen-bond donors (Lipinski definition) is 1. The van der Waals surface area contributed by atoms with Crippen molar-refractivity contribution in [1.29, 1.82) is 0 Å². The van der Waals surface area contributed by atoms with E-state index in [1.165, 1.54) is 6.08 Å². The first kappa shape index (κ1) is 22.1. The summed E-state index contributed by atoms with van der Waals surface area (Å²) in [5, 5.41) is 2.94. The van der Waals surface area contributed by atoms with Gasteiger partial charge in [-0.05, 0) is 30.5 Å². The summed E-state index contributed by atoms with van der Waals surface area (Å²) in [6.45, 7) is 2.52. The minimum Gasteiger partial charge on any atom is -0.768 e. The molecule has 0 saturated carbocycles. The van der Waals surface area contributed by atoms with E-state index >= 15 is 0 Å². The Balaban J connectivity index is 2.23. The van der Waals surface area contributed by atoms with Crippen molar-refractivity contribution in [1.82, 2.24) is 15.3 Å². The van der Waals surface area contributed by atoms with Crippen molar-refractivity contribution >= 4 is 16.8 Å². The third kappa shape index (κ3) is 5.41. The molecule has 0 aromatic carbocycles. The number of alkyl halides is 4. The lowest BCUT2D eigenvalue weighted by Crippen LogP contribution is -2.34. The van der Waals surface area contributed by atoms with Gasteiger partial charge >= 0.3 is 12.3 Å². The Hall–Kier alpha value is -2.21. The molecule has 2 atom stereocenters. The van der Waals surface area contributed by atoms with Gasteiger partial charge in [-0.15, -0.1) is 0 Å². The third-order valence-electron chi connectivity index (χ3n) is 3.58. The standard InChI is InChI=1S/C16H19F4N3O4S/c1-3-4-26-11-5-12(28(24)25)14(23-9(11)2)10-6-22-13(7-21-10)27-8-16(19,20)15(17)18/h5-7,9,15,23H,3-4,8H2,1-2H3,(H,24,25)/p-1. The molecule has 7 nitrogen and oxygen atoms in total. The molecule has 12 heteroatoms. The van der Waals surface area contributed by atoms with Crippen LogP contribution >= 0.6 is 0 Å². The van der Waals surface area contributed by atoms with Crippen LogP contribution in [-0.2, 0) is 15.8 Å². The quantitative estimate of drug-likeness (QED) is 0.481. The monoisotopic (exact) mass is 424 g/mol. The highest BCUT2D eigenvalue weighted by Crippen LogP contribution is 2.27. The summed E-state index contributed by atoms with van der Waals surface area (Å²) in [4.78, 5) is 7.52. The molecule has 0 bridgehead atoms. The molecule has 2 heterocycles. The number of halogens is 4. The van der Waals surface area contributed by atoms with Crippen LogP contribution in [0.25, 0.3) is 5.70 Å². The second kappa shape index (κ2) is 9.32. The van der Waals surface area contributed by atoms with Crippen LogP contribution in [0.15, 0.2) is 29.1 Å². The first-order valence-corrected chi connectivity index (χ1v) is 9.28. The van der Waals surface area contributed by atoms with Crippen molar-refractivity contribution in [2.75, 3.05) is 13.2 Å². The van der Waals surface area contributed by atoms with E-state index in [1.54, 1.807) is 6.92 Å². The Bertz CT molecular complexity index is 772. The number of rotatable bonds is 9. The molecule has 2 unspecified atom stereocenters. The van der Waals surface area contributed by atoms with Crippen LogP contribution in [0.1, 0.15) is 26.0 Å². The summed E-state index contributed by atoms with van der Waals surface area (Å²) in [6, 6.07) is -0.351. The van der Waals surface area contributed by atoms with Gasteiger partial charge in [0.25, 0.3) is 0 Å². The topological polar surface area (TPSA) is 96.4 Å². The highest BCUT2D eigenvalue weighted by Gasteiger charge is 2.41. The van der Waals surface area contributed by atoms with Crippen LogP contribution < -0.4 is 10.1 Å². The minimum atomic E-state index is -4.32. The van der Waals surface area contributed by atoms with E-state index in [-0.39, 0.29) is 22.3 Å². The second-order valence-electron chi connectivity index (χ2n) is 5.83. The average Bonchev–Trinajstić information content (AvgIpc) is 2.65. The molecule has 1 aliphatic heterocycles. The smallest absolute Gasteiger partial charge is 0.340 e. The number of nitrogens with zero attached hydrogens (tertiary/aromatic N) is 2. The van der Waals surface area contributed by atoms with Crippen molar-refractivity contribution in [3.8, 4) is 5.88 Å². The first-order valence-electron chi connectivity index (χ1n) is 8.21. The van der Waals surface area contributed by atoms with Gasteiger partial charge < -0.3 is 19.3 Å². The molecule has 0 saturated heterocycles. The van der Waals surface area contributed by atoms with Crippen molar-refractivity contribution in [3.05, 3.63) is 34.8 Å². The summed E-state index contributed by atoms with van der Waals surface area (Å²) < 4.78 is 83.2. The SMILES string of the molecule is CCCOC1=CC(S(=O)[O-])=C(c2cnc(OCC(F)(F)C(F)F)cn2)NC1C. The molecule has 0 amide bonds. The Morgan fingerprint density at radius 3 is 2.57 bits per heavy atom. The third-order valence-corrected chi connectivity index (χ3v) is 4.26. The zero-order valence-electron chi connectivity index (χ0n) is 15.0. The zero-order valence-corrected chi connectivity index (χ0v) is 15.8. The molecule has 28 heavy (non-hydrogen) atoms. The van der Waals surface area contributed by atoms with E-state index in [4.69, 9.17) is 4.74 Å². The van der Waals surface area contributed by atoms with Crippen molar-refractivity contribution in [2.45, 2.75) is 38.7 Å². The molecule has 0 aliphatic carbocycles. The number of nitrogens with one attached hydrogen (secondary N) is 1. The summed E-state index contributed by atoms with van der Waals surface area (Å²) >= 11 is -2.62. The Labute approximate surface area is 161 Å². The normalized spacial score (nSPS) is 18.6. The molecule has 0 fully saturated rings. The highest BCUT2D eigenvalue weighted by molar-refractivity contribution is 7.83. The fourth-order valence-corrected chi connectivity index (χ4v) is 2.70. The van der Waals surface area contributed by atoms with E-state index in [0.717, 1.165) is 18.8 Å². The van der Waals surface area contributed by atoms with Gasteiger partial charge in [0, 0.05) is 0 Å². The molecule has 0 radical (unpaired) electrons. The maximum absolute atomic E-state index is 12.9. The van der Waals surface area contributed by atoms with Crippen molar-refractivity contribution < 1.29 is 35.8 Å². The Morgan fingerprint density at radius 1 is 1.32 bits per heavy atom. The van der Waals surface area contributed by atoms with Gasteiger partial charge in [-0.3, -0.25) is 4.21 Å². The van der Waals surface area contributed by atoms with Crippen LogP contribution in [0.2, 0.25) is 0 Å². The number of hydrogen-bond acceptors (Lipinski definition) is 7. The molecular formula is C16H18F4N3O4S-. The van der Waals surface area contributed by atoms with E-state index in [1.807, 2.05) is 6.92 Å². The van der Waals surface area contributed by atoms with Gasteiger partial charge in [0.2, 0.25) is 5.88 Å². The Kier molecular flexibility index (Phi) is 7.35. The number of ether oxygens (including phenoxy) is 2. The predicted octanol–water partition coefficient (Wildman–Crippen LogP) is 2.61. The van der Waals surface area contributed by atoms with Crippen LogP contribution in [0, 0.1) is 0 Å². The lowest BCUT2D eigenvalue weighted by Gasteiger charge is -2.28. The zero-order chi connectivity index (χ0) is 20.9. The van der Waals surface area contributed by atoms with E-state index in [2.05, 4.69) is 20.0 Å². The fraction of sp³-hybridized carbons (Fsp3) is 0.500. The molecule has 1 aromatic heterocycles. The molecule has 1 N–H and O–H groups in total. The van der Waals surface area contributed by atoms with Crippen molar-refractivity contribution in [3.63, 3.8) is 0 Å². The van der Waals surface area contributed by atoms with Crippen LogP contribution in [-0.4, -0.2) is 50.3 Å². The van der Waals surface area contributed by atoms with Gasteiger partial charge in [0.1, 0.15) is 11.5 Å². The van der Waals surface area contributed by atoms with Crippen molar-refractivity contribution in [2.24, 2.45) is 0 Å². The second-order valence-corrected chi connectivity index (χ2v) is 6.73.